The van der Waals surface area contributed by atoms with Crippen LogP contribution in [0.1, 0.15) is 69.8 Å². The van der Waals surface area contributed by atoms with E-state index in [9.17, 15) is 9.59 Å². The number of benzene rings is 1. The van der Waals surface area contributed by atoms with E-state index in [4.69, 9.17) is 9.47 Å². The van der Waals surface area contributed by atoms with E-state index in [0.717, 1.165) is 30.4 Å². The second-order valence-corrected chi connectivity index (χ2v) is 8.17. The van der Waals surface area contributed by atoms with Crippen LogP contribution in [0.2, 0.25) is 0 Å². The van der Waals surface area contributed by atoms with Crippen molar-refractivity contribution in [3.63, 3.8) is 0 Å². The van der Waals surface area contributed by atoms with Crippen LogP contribution in [-0.4, -0.2) is 24.6 Å². The Balaban J connectivity index is 2.08. The van der Waals surface area contributed by atoms with Crippen LogP contribution in [0.25, 0.3) is 0 Å². The first-order valence-corrected chi connectivity index (χ1v) is 10.1. The normalized spacial score (nSPS) is 16.9. The molecule has 0 fully saturated rings. The second-order valence-electron chi connectivity index (χ2n) is 8.17. The van der Waals surface area contributed by atoms with Gasteiger partial charge in [-0.3, -0.25) is 4.79 Å². The van der Waals surface area contributed by atoms with Crippen LogP contribution in [-0.2, 0) is 14.3 Å². The third-order valence-electron chi connectivity index (χ3n) is 4.68. The van der Waals surface area contributed by atoms with Gasteiger partial charge in [0.2, 0.25) is 0 Å². The first-order chi connectivity index (χ1) is 13.7. The molecule has 1 aromatic carbocycles. The molecule has 0 amide bonds. The van der Waals surface area contributed by atoms with E-state index in [1.54, 1.807) is 37.3 Å². The molecule has 154 valence electrons. The molecule has 0 spiro atoms. The van der Waals surface area contributed by atoms with Gasteiger partial charge in [-0.25, -0.2) is 4.79 Å². The number of carbonyl (C=O) groups excluding carboxylic acids is 2. The van der Waals surface area contributed by atoms with Crippen LogP contribution in [0.5, 0.6) is 0 Å². The summed E-state index contributed by atoms with van der Waals surface area (Å²) >= 11 is 0. The van der Waals surface area contributed by atoms with Gasteiger partial charge in [-0.05, 0) is 95.9 Å². The fourth-order valence-electron chi connectivity index (χ4n) is 2.97. The molecule has 0 bridgehead atoms. The summed E-state index contributed by atoms with van der Waals surface area (Å²) < 4.78 is 10.7. The molecule has 1 aromatic rings. The number of carbonyl (C=O) groups is 2. The summed E-state index contributed by atoms with van der Waals surface area (Å²) in [5.41, 5.74) is 3.09. The molecule has 0 heterocycles. The highest BCUT2D eigenvalue weighted by atomic mass is 16.5. The number of hydrogen-bond donors (Lipinski definition) is 0. The summed E-state index contributed by atoms with van der Waals surface area (Å²) in [5.74, 6) is 5.57. The molecule has 1 atom stereocenters. The monoisotopic (exact) mass is 394 g/mol. The van der Waals surface area contributed by atoms with Gasteiger partial charge in [-0.2, -0.15) is 0 Å². The SMILES string of the molecule is CCOC(=O)c1ccc(C#CC=CC2=C(C)CCCC2OC(=O)C(C)(C)C)cc1. The summed E-state index contributed by atoms with van der Waals surface area (Å²) in [5, 5.41) is 0. The zero-order chi connectivity index (χ0) is 21.4. The number of rotatable bonds is 4. The number of allylic oxidation sites excluding steroid dienone is 2. The Morgan fingerprint density at radius 3 is 2.52 bits per heavy atom. The third-order valence-corrected chi connectivity index (χ3v) is 4.68. The molecule has 0 aliphatic heterocycles. The first kappa shape index (κ1) is 22.5. The molecule has 0 saturated carbocycles. The van der Waals surface area contributed by atoms with Crippen molar-refractivity contribution in [3.8, 4) is 11.8 Å². The highest BCUT2D eigenvalue weighted by Crippen LogP contribution is 2.30. The van der Waals surface area contributed by atoms with Crippen LogP contribution in [0.15, 0.2) is 47.6 Å². The van der Waals surface area contributed by atoms with Crippen molar-refractivity contribution in [1.82, 2.24) is 0 Å². The first-order valence-electron chi connectivity index (χ1n) is 10.1. The Hall–Kier alpha value is -2.80. The molecule has 29 heavy (non-hydrogen) atoms. The topological polar surface area (TPSA) is 52.6 Å². The Labute approximate surface area is 174 Å². The lowest BCUT2D eigenvalue weighted by atomic mass is 9.89. The van der Waals surface area contributed by atoms with Crippen molar-refractivity contribution in [3.05, 3.63) is 58.7 Å². The molecule has 0 aromatic heterocycles. The van der Waals surface area contributed by atoms with Crippen molar-refractivity contribution in [2.45, 2.75) is 60.0 Å². The highest BCUT2D eigenvalue weighted by Gasteiger charge is 2.29. The maximum atomic E-state index is 12.3. The summed E-state index contributed by atoms with van der Waals surface area (Å²) in [4.78, 5) is 24.0. The number of esters is 2. The van der Waals surface area contributed by atoms with Crippen LogP contribution >= 0.6 is 0 Å². The average Bonchev–Trinajstić information content (AvgIpc) is 2.66. The fraction of sp³-hybridized carbons (Fsp3) is 0.440. The van der Waals surface area contributed by atoms with Gasteiger partial charge in [0, 0.05) is 5.56 Å². The van der Waals surface area contributed by atoms with Crippen molar-refractivity contribution in [2.75, 3.05) is 6.61 Å². The van der Waals surface area contributed by atoms with Gasteiger partial charge in [-0.15, -0.1) is 0 Å². The van der Waals surface area contributed by atoms with Gasteiger partial charge in [0.15, 0.2) is 0 Å². The van der Waals surface area contributed by atoms with Gasteiger partial charge in [0.05, 0.1) is 17.6 Å². The van der Waals surface area contributed by atoms with E-state index in [1.807, 2.05) is 26.8 Å². The molecular formula is C25H30O4. The lowest BCUT2D eigenvalue weighted by Gasteiger charge is -2.28. The van der Waals surface area contributed by atoms with Crippen molar-refractivity contribution >= 4 is 11.9 Å². The molecule has 2 rings (SSSR count). The molecule has 1 unspecified atom stereocenters. The van der Waals surface area contributed by atoms with Crippen molar-refractivity contribution < 1.29 is 19.1 Å². The van der Waals surface area contributed by atoms with Gasteiger partial charge in [-0.1, -0.05) is 17.4 Å². The molecule has 4 heteroatoms. The number of ether oxygens (including phenoxy) is 2. The standard InChI is InChI=1S/C25H30O4/c1-6-28-23(26)20-16-14-19(15-17-20)11-7-8-12-21-18(2)10-9-13-22(21)29-24(27)25(3,4)5/h8,12,14-17,22H,6,9-10,13H2,1-5H3. The summed E-state index contributed by atoms with van der Waals surface area (Å²) in [6, 6.07) is 7.02. The largest absolute Gasteiger partial charge is 0.462 e. The highest BCUT2D eigenvalue weighted by molar-refractivity contribution is 5.89. The lowest BCUT2D eigenvalue weighted by Crippen LogP contribution is -2.30. The zero-order valence-corrected chi connectivity index (χ0v) is 18.0. The maximum Gasteiger partial charge on any atom is 0.338 e. The van der Waals surface area contributed by atoms with Crippen LogP contribution in [0.3, 0.4) is 0 Å². The van der Waals surface area contributed by atoms with E-state index < -0.39 is 5.41 Å². The molecule has 1 aliphatic carbocycles. The quantitative estimate of drug-likeness (QED) is 0.518. The number of hydrogen-bond acceptors (Lipinski definition) is 4. The van der Waals surface area contributed by atoms with Gasteiger partial charge >= 0.3 is 11.9 Å². The van der Waals surface area contributed by atoms with Gasteiger partial charge < -0.3 is 9.47 Å². The molecule has 0 N–H and O–H groups in total. The smallest absolute Gasteiger partial charge is 0.338 e. The van der Waals surface area contributed by atoms with Gasteiger partial charge in [0.1, 0.15) is 6.10 Å². The van der Waals surface area contributed by atoms with Crippen LogP contribution in [0.4, 0.5) is 0 Å². The third kappa shape index (κ3) is 6.64. The van der Waals surface area contributed by atoms with Gasteiger partial charge in [0.25, 0.3) is 0 Å². The van der Waals surface area contributed by atoms with Crippen molar-refractivity contribution in [1.29, 1.82) is 0 Å². The van der Waals surface area contributed by atoms with E-state index >= 15 is 0 Å². The predicted octanol–water partition coefficient (Wildman–Crippen LogP) is 5.23. The van der Waals surface area contributed by atoms with Crippen LogP contribution < -0.4 is 0 Å². The maximum absolute atomic E-state index is 12.3. The predicted molar refractivity (Wildman–Crippen MR) is 114 cm³/mol. The Morgan fingerprint density at radius 2 is 1.90 bits per heavy atom. The van der Waals surface area contributed by atoms with E-state index in [0.29, 0.717) is 12.2 Å². The average molecular weight is 395 g/mol. The van der Waals surface area contributed by atoms with E-state index in [2.05, 4.69) is 18.8 Å². The minimum atomic E-state index is -0.518. The Morgan fingerprint density at radius 1 is 1.21 bits per heavy atom. The fourth-order valence-corrected chi connectivity index (χ4v) is 2.97. The molecule has 0 radical (unpaired) electrons. The van der Waals surface area contributed by atoms with Crippen LogP contribution in [0, 0.1) is 17.3 Å². The van der Waals surface area contributed by atoms with E-state index in [1.165, 1.54) is 5.57 Å². The summed E-state index contributed by atoms with van der Waals surface area (Å²) in [7, 11) is 0. The second kappa shape index (κ2) is 10.1. The minimum absolute atomic E-state index is 0.184. The van der Waals surface area contributed by atoms with E-state index in [-0.39, 0.29) is 18.0 Å². The van der Waals surface area contributed by atoms with Crippen molar-refractivity contribution in [2.24, 2.45) is 5.41 Å². The Bertz CT molecular complexity index is 855. The molecule has 0 saturated heterocycles. The summed E-state index contributed by atoms with van der Waals surface area (Å²) in [6.45, 7) is 9.81. The Kier molecular flexibility index (Phi) is 7.84. The molecule has 4 nitrogen and oxygen atoms in total. The molecular weight excluding hydrogens is 364 g/mol. The zero-order valence-electron chi connectivity index (χ0n) is 18.0. The summed E-state index contributed by atoms with van der Waals surface area (Å²) in [6.07, 6.45) is 6.39. The lowest BCUT2D eigenvalue weighted by molar-refractivity contribution is -0.157. The molecule has 1 aliphatic rings. The minimum Gasteiger partial charge on any atom is -0.462 e.